The average molecular weight is 298 g/mol. The van der Waals surface area contributed by atoms with Crippen molar-refractivity contribution in [2.45, 2.75) is 53.0 Å². The van der Waals surface area contributed by atoms with Crippen LogP contribution in [0.25, 0.3) is 0 Å². The molecule has 0 aliphatic rings. The zero-order valence-electron chi connectivity index (χ0n) is 13.4. The third kappa shape index (κ3) is 6.15. The van der Waals surface area contributed by atoms with Crippen molar-refractivity contribution in [2.75, 3.05) is 13.7 Å². The van der Waals surface area contributed by atoms with Crippen molar-refractivity contribution in [3.63, 3.8) is 0 Å². The Bertz CT molecular complexity index is 415. The van der Waals surface area contributed by atoms with Crippen LogP contribution in [0.5, 0.6) is 5.75 Å². The van der Waals surface area contributed by atoms with E-state index in [0.29, 0.717) is 16.5 Å². The van der Waals surface area contributed by atoms with Crippen LogP contribution in [0.15, 0.2) is 18.2 Å². The third-order valence-electron chi connectivity index (χ3n) is 3.66. The van der Waals surface area contributed by atoms with E-state index in [1.165, 1.54) is 12.0 Å². The van der Waals surface area contributed by atoms with Gasteiger partial charge in [-0.1, -0.05) is 45.4 Å². The van der Waals surface area contributed by atoms with Crippen LogP contribution in [0, 0.1) is 5.41 Å². The molecule has 0 heterocycles. The number of rotatable bonds is 8. The number of nitrogens with one attached hydrogen (secondary N) is 1. The summed E-state index contributed by atoms with van der Waals surface area (Å²) in [6.07, 6.45) is 3.41. The third-order valence-corrected chi connectivity index (χ3v) is 3.96. The second-order valence-corrected chi connectivity index (χ2v) is 6.90. The zero-order valence-corrected chi connectivity index (χ0v) is 14.2. The van der Waals surface area contributed by atoms with E-state index in [9.17, 15) is 0 Å². The molecule has 1 N–H and O–H groups in total. The first-order chi connectivity index (χ1) is 9.34. The minimum absolute atomic E-state index is 0.342. The van der Waals surface area contributed by atoms with Gasteiger partial charge in [-0.15, -0.1) is 0 Å². The Hall–Kier alpha value is -0.730. The van der Waals surface area contributed by atoms with Gasteiger partial charge in [0.25, 0.3) is 0 Å². The molecule has 0 radical (unpaired) electrons. The number of methoxy groups -OCH3 is 1. The quantitative estimate of drug-likeness (QED) is 0.751. The van der Waals surface area contributed by atoms with Gasteiger partial charge in [-0.05, 0) is 48.9 Å². The van der Waals surface area contributed by atoms with Crippen molar-refractivity contribution >= 4 is 11.6 Å². The summed E-state index contributed by atoms with van der Waals surface area (Å²) in [7, 11) is 1.64. The van der Waals surface area contributed by atoms with Crippen LogP contribution in [-0.2, 0) is 6.42 Å². The second kappa shape index (κ2) is 7.90. The molecular weight excluding hydrogens is 270 g/mol. The van der Waals surface area contributed by atoms with Crippen LogP contribution in [0.4, 0.5) is 0 Å². The molecule has 1 aromatic rings. The molecule has 1 aromatic carbocycles. The van der Waals surface area contributed by atoms with E-state index in [1.807, 2.05) is 12.1 Å². The molecule has 0 atom stereocenters. The van der Waals surface area contributed by atoms with Gasteiger partial charge in [-0.3, -0.25) is 0 Å². The molecule has 0 fully saturated rings. The Morgan fingerprint density at radius 2 is 1.95 bits per heavy atom. The highest BCUT2D eigenvalue weighted by atomic mass is 35.5. The Morgan fingerprint density at radius 3 is 2.50 bits per heavy atom. The molecule has 3 heteroatoms. The summed E-state index contributed by atoms with van der Waals surface area (Å²) in [6, 6.07) is 6.63. The Kier molecular flexibility index (Phi) is 6.84. The molecule has 0 saturated heterocycles. The lowest BCUT2D eigenvalue weighted by molar-refractivity contribution is 0.298. The predicted molar refractivity (Wildman–Crippen MR) is 87.9 cm³/mol. The van der Waals surface area contributed by atoms with Gasteiger partial charge < -0.3 is 10.1 Å². The van der Waals surface area contributed by atoms with Gasteiger partial charge >= 0.3 is 0 Å². The van der Waals surface area contributed by atoms with Gasteiger partial charge in [0.15, 0.2) is 0 Å². The predicted octanol–water partition coefficient (Wildman–Crippen LogP) is 4.70. The number of hydrogen-bond donors (Lipinski definition) is 1. The van der Waals surface area contributed by atoms with Crippen molar-refractivity contribution in [3.05, 3.63) is 28.8 Å². The summed E-state index contributed by atoms with van der Waals surface area (Å²) in [5.41, 5.74) is 1.62. The highest BCUT2D eigenvalue weighted by molar-refractivity contribution is 6.32. The topological polar surface area (TPSA) is 21.3 Å². The Morgan fingerprint density at radius 1 is 1.25 bits per heavy atom. The lowest BCUT2D eigenvalue weighted by atomic mass is 9.83. The van der Waals surface area contributed by atoms with E-state index < -0.39 is 0 Å². The number of halogens is 1. The fourth-order valence-electron chi connectivity index (χ4n) is 2.17. The highest BCUT2D eigenvalue weighted by Gasteiger charge is 2.17. The van der Waals surface area contributed by atoms with E-state index in [0.717, 1.165) is 25.1 Å². The standard InChI is InChI=1S/C17H28ClNO/c1-13(2)19-11-10-17(3,4)9-8-14-6-7-16(20-5)15(18)12-14/h6-7,12-13,19H,8-11H2,1-5H3. The second-order valence-electron chi connectivity index (χ2n) is 6.49. The van der Waals surface area contributed by atoms with Gasteiger partial charge in [0, 0.05) is 6.04 Å². The molecule has 0 aliphatic heterocycles. The van der Waals surface area contributed by atoms with E-state index in [2.05, 4.69) is 39.1 Å². The molecule has 0 unspecified atom stereocenters. The maximum atomic E-state index is 6.16. The first-order valence-corrected chi connectivity index (χ1v) is 7.77. The molecule has 0 amide bonds. The lowest BCUT2D eigenvalue weighted by Gasteiger charge is -2.25. The zero-order chi connectivity index (χ0) is 15.2. The summed E-state index contributed by atoms with van der Waals surface area (Å²) in [6.45, 7) is 10.1. The average Bonchev–Trinajstić information content (AvgIpc) is 2.36. The molecule has 0 bridgehead atoms. The summed E-state index contributed by atoms with van der Waals surface area (Å²) in [5, 5.41) is 4.18. The van der Waals surface area contributed by atoms with Gasteiger partial charge in [-0.2, -0.15) is 0 Å². The van der Waals surface area contributed by atoms with Crippen LogP contribution in [0.3, 0.4) is 0 Å². The van der Waals surface area contributed by atoms with Crippen LogP contribution < -0.4 is 10.1 Å². The molecule has 114 valence electrons. The van der Waals surface area contributed by atoms with E-state index in [-0.39, 0.29) is 0 Å². The van der Waals surface area contributed by atoms with Crippen LogP contribution in [-0.4, -0.2) is 19.7 Å². The number of hydrogen-bond acceptors (Lipinski definition) is 2. The monoisotopic (exact) mass is 297 g/mol. The van der Waals surface area contributed by atoms with Gasteiger partial charge in [0.05, 0.1) is 12.1 Å². The lowest BCUT2D eigenvalue weighted by Crippen LogP contribution is -2.28. The Labute approximate surface area is 128 Å². The minimum Gasteiger partial charge on any atom is -0.495 e. The number of aryl methyl sites for hydroxylation is 1. The van der Waals surface area contributed by atoms with E-state index in [1.54, 1.807) is 7.11 Å². The van der Waals surface area contributed by atoms with Gasteiger partial charge in [0.2, 0.25) is 0 Å². The summed E-state index contributed by atoms with van der Waals surface area (Å²) < 4.78 is 5.18. The maximum Gasteiger partial charge on any atom is 0.137 e. The van der Waals surface area contributed by atoms with E-state index >= 15 is 0 Å². The smallest absolute Gasteiger partial charge is 0.137 e. The van der Waals surface area contributed by atoms with Crippen LogP contribution in [0.1, 0.15) is 46.1 Å². The molecule has 0 spiro atoms. The van der Waals surface area contributed by atoms with Crippen molar-refractivity contribution in [1.82, 2.24) is 5.32 Å². The summed E-state index contributed by atoms with van der Waals surface area (Å²) in [4.78, 5) is 0. The van der Waals surface area contributed by atoms with E-state index in [4.69, 9.17) is 16.3 Å². The molecule has 0 saturated carbocycles. The highest BCUT2D eigenvalue weighted by Crippen LogP contribution is 2.29. The molecule has 20 heavy (non-hydrogen) atoms. The van der Waals surface area contributed by atoms with Gasteiger partial charge in [-0.25, -0.2) is 0 Å². The Balaban J connectivity index is 2.46. The minimum atomic E-state index is 0.342. The largest absolute Gasteiger partial charge is 0.495 e. The molecular formula is C17H28ClNO. The van der Waals surface area contributed by atoms with Gasteiger partial charge in [0.1, 0.15) is 5.75 Å². The van der Waals surface area contributed by atoms with Crippen molar-refractivity contribution in [1.29, 1.82) is 0 Å². The molecule has 0 aliphatic carbocycles. The van der Waals surface area contributed by atoms with Crippen LogP contribution >= 0.6 is 11.6 Å². The summed E-state index contributed by atoms with van der Waals surface area (Å²) >= 11 is 6.16. The van der Waals surface area contributed by atoms with Crippen molar-refractivity contribution < 1.29 is 4.74 Å². The van der Waals surface area contributed by atoms with Crippen molar-refractivity contribution in [2.24, 2.45) is 5.41 Å². The first-order valence-electron chi connectivity index (χ1n) is 7.40. The fraction of sp³-hybridized carbons (Fsp3) is 0.647. The fourth-order valence-corrected chi connectivity index (χ4v) is 2.45. The summed E-state index contributed by atoms with van der Waals surface area (Å²) in [5.74, 6) is 0.746. The normalized spacial score (nSPS) is 11.9. The molecule has 0 aromatic heterocycles. The maximum absolute atomic E-state index is 6.16. The molecule has 1 rings (SSSR count). The first kappa shape index (κ1) is 17.3. The SMILES string of the molecule is COc1ccc(CCC(C)(C)CCNC(C)C)cc1Cl. The molecule has 2 nitrogen and oxygen atoms in total. The van der Waals surface area contributed by atoms with Crippen molar-refractivity contribution in [3.8, 4) is 5.75 Å². The number of ether oxygens (including phenoxy) is 1. The number of benzene rings is 1. The van der Waals surface area contributed by atoms with Crippen LogP contribution in [0.2, 0.25) is 5.02 Å².